The molecular formula is C17H28Cl2N4O. The Hall–Kier alpha value is -1.30. The molecule has 0 aliphatic rings. The molecule has 7 heteroatoms. The van der Waals surface area contributed by atoms with E-state index in [9.17, 15) is 4.79 Å². The number of aromatic amines is 1. The molecule has 2 rings (SSSR count). The summed E-state index contributed by atoms with van der Waals surface area (Å²) in [6.45, 7) is 7.97. The molecule has 0 saturated carbocycles. The summed E-state index contributed by atoms with van der Waals surface area (Å²) in [5.41, 5.74) is 7.73. The van der Waals surface area contributed by atoms with Crippen molar-refractivity contribution in [2.24, 2.45) is 17.6 Å². The number of hydrogen-bond acceptors (Lipinski definition) is 3. The average Bonchev–Trinajstić information content (AvgIpc) is 2.88. The molecule has 1 aromatic carbocycles. The molecule has 0 fully saturated rings. The molecule has 5 nitrogen and oxygen atoms in total. The van der Waals surface area contributed by atoms with Crippen LogP contribution >= 0.6 is 24.8 Å². The topological polar surface area (TPSA) is 83.8 Å². The van der Waals surface area contributed by atoms with Gasteiger partial charge in [-0.2, -0.15) is 0 Å². The first-order valence-corrected chi connectivity index (χ1v) is 7.89. The van der Waals surface area contributed by atoms with E-state index in [4.69, 9.17) is 5.73 Å². The van der Waals surface area contributed by atoms with Crippen molar-refractivity contribution in [3.63, 3.8) is 0 Å². The van der Waals surface area contributed by atoms with E-state index in [0.29, 0.717) is 5.92 Å². The molecule has 0 saturated heterocycles. The molecule has 1 aromatic heterocycles. The highest BCUT2D eigenvalue weighted by molar-refractivity contribution is 5.85. The Kier molecular flexibility index (Phi) is 9.33. The molecule has 1 heterocycles. The zero-order valence-corrected chi connectivity index (χ0v) is 16.2. The Bertz CT molecular complexity index is 609. The number of H-pyrrole nitrogens is 1. The van der Waals surface area contributed by atoms with Gasteiger partial charge >= 0.3 is 0 Å². The molecule has 0 bridgehead atoms. The molecular weight excluding hydrogens is 347 g/mol. The van der Waals surface area contributed by atoms with Crippen LogP contribution in [0.4, 0.5) is 0 Å². The van der Waals surface area contributed by atoms with E-state index in [1.54, 1.807) is 0 Å². The lowest BCUT2D eigenvalue weighted by atomic mass is 10.00. The van der Waals surface area contributed by atoms with Gasteiger partial charge in [-0.15, -0.1) is 24.8 Å². The van der Waals surface area contributed by atoms with Gasteiger partial charge < -0.3 is 16.0 Å². The number of carbonyl (C=O) groups is 1. The number of imidazole rings is 1. The standard InChI is InChI=1S/C17H26N4O.2ClH/c1-10(2)9-15(21-17(22)11(3)12(4)18)16-19-13-7-5-6-8-14(13)20-16;;/h5-8,10-12,15H,9,18H2,1-4H3,(H,19,20)(H,21,22);2*1H. The SMILES string of the molecule is CC(C)CC(NC(=O)C(C)C(C)N)c1nc2ccccc2[nH]1.Cl.Cl. The Morgan fingerprint density at radius 2 is 1.83 bits per heavy atom. The molecule has 4 N–H and O–H groups in total. The summed E-state index contributed by atoms with van der Waals surface area (Å²) in [5, 5.41) is 3.09. The smallest absolute Gasteiger partial charge is 0.224 e. The molecule has 24 heavy (non-hydrogen) atoms. The molecule has 3 unspecified atom stereocenters. The third-order valence-electron chi connectivity index (χ3n) is 3.96. The van der Waals surface area contributed by atoms with Crippen molar-refractivity contribution in [3.8, 4) is 0 Å². The van der Waals surface area contributed by atoms with Crippen LogP contribution in [0.3, 0.4) is 0 Å². The number of nitrogens with zero attached hydrogens (tertiary/aromatic N) is 1. The van der Waals surface area contributed by atoms with Crippen LogP contribution in [-0.2, 0) is 4.79 Å². The van der Waals surface area contributed by atoms with E-state index >= 15 is 0 Å². The van der Waals surface area contributed by atoms with Crippen LogP contribution in [-0.4, -0.2) is 21.9 Å². The van der Waals surface area contributed by atoms with Crippen molar-refractivity contribution in [2.45, 2.75) is 46.2 Å². The highest BCUT2D eigenvalue weighted by Gasteiger charge is 2.24. The maximum absolute atomic E-state index is 12.3. The quantitative estimate of drug-likeness (QED) is 0.721. The third-order valence-corrected chi connectivity index (χ3v) is 3.96. The van der Waals surface area contributed by atoms with Crippen molar-refractivity contribution in [3.05, 3.63) is 30.1 Å². The van der Waals surface area contributed by atoms with E-state index in [0.717, 1.165) is 23.3 Å². The normalized spacial score (nSPS) is 14.4. The van der Waals surface area contributed by atoms with Gasteiger partial charge in [0.25, 0.3) is 0 Å². The minimum Gasteiger partial charge on any atom is -0.346 e. The van der Waals surface area contributed by atoms with Gasteiger partial charge in [0.2, 0.25) is 5.91 Å². The summed E-state index contributed by atoms with van der Waals surface area (Å²) in [6, 6.07) is 7.59. The minimum atomic E-state index is -0.223. The number of hydrogen-bond donors (Lipinski definition) is 3. The van der Waals surface area contributed by atoms with Gasteiger partial charge in [-0.1, -0.05) is 32.9 Å². The van der Waals surface area contributed by atoms with Gasteiger partial charge in [0, 0.05) is 12.0 Å². The Morgan fingerprint density at radius 1 is 1.21 bits per heavy atom. The minimum absolute atomic E-state index is 0. The number of rotatable bonds is 6. The lowest BCUT2D eigenvalue weighted by Gasteiger charge is -2.22. The first-order chi connectivity index (χ1) is 10.4. The van der Waals surface area contributed by atoms with Crippen molar-refractivity contribution < 1.29 is 4.79 Å². The van der Waals surface area contributed by atoms with Gasteiger partial charge in [0.1, 0.15) is 5.82 Å². The fraction of sp³-hybridized carbons (Fsp3) is 0.529. The van der Waals surface area contributed by atoms with Gasteiger partial charge in [-0.05, 0) is 31.4 Å². The number of para-hydroxylation sites is 2. The zero-order valence-electron chi connectivity index (χ0n) is 14.6. The summed E-state index contributed by atoms with van der Waals surface area (Å²) >= 11 is 0. The van der Waals surface area contributed by atoms with Crippen molar-refractivity contribution >= 4 is 41.8 Å². The monoisotopic (exact) mass is 374 g/mol. The number of nitrogens with one attached hydrogen (secondary N) is 2. The molecule has 0 aliphatic heterocycles. The van der Waals surface area contributed by atoms with Crippen molar-refractivity contribution in [1.82, 2.24) is 15.3 Å². The van der Waals surface area contributed by atoms with Crippen LogP contribution in [0.5, 0.6) is 0 Å². The largest absolute Gasteiger partial charge is 0.346 e. The maximum Gasteiger partial charge on any atom is 0.224 e. The van der Waals surface area contributed by atoms with Crippen LogP contribution in [0.25, 0.3) is 11.0 Å². The van der Waals surface area contributed by atoms with Gasteiger partial charge in [0.05, 0.1) is 17.1 Å². The van der Waals surface area contributed by atoms with Crippen LogP contribution in [0.1, 0.15) is 46.0 Å². The first kappa shape index (κ1) is 22.7. The molecule has 136 valence electrons. The van der Waals surface area contributed by atoms with Gasteiger partial charge in [-0.3, -0.25) is 4.79 Å². The summed E-state index contributed by atoms with van der Waals surface area (Å²) in [7, 11) is 0. The fourth-order valence-corrected chi connectivity index (χ4v) is 2.39. The Balaban J connectivity index is 0.00000264. The maximum atomic E-state index is 12.3. The van der Waals surface area contributed by atoms with E-state index in [-0.39, 0.29) is 48.7 Å². The third kappa shape index (κ3) is 5.65. The number of halogens is 2. The Labute approximate surface area is 156 Å². The lowest BCUT2D eigenvalue weighted by Crippen LogP contribution is -2.40. The number of fused-ring (bicyclic) bond motifs is 1. The second kappa shape index (κ2) is 9.87. The summed E-state index contributed by atoms with van der Waals surface area (Å²) in [4.78, 5) is 20.3. The zero-order chi connectivity index (χ0) is 16.3. The van der Waals surface area contributed by atoms with Gasteiger partial charge in [-0.25, -0.2) is 4.98 Å². The number of benzene rings is 1. The van der Waals surface area contributed by atoms with Crippen LogP contribution in [0.2, 0.25) is 0 Å². The molecule has 0 aliphatic carbocycles. The van der Waals surface area contributed by atoms with E-state index < -0.39 is 0 Å². The lowest BCUT2D eigenvalue weighted by molar-refractivity contribution is -0.125. The number of carbonyl (C=O) groups excluding carboxylic acids is 1. The molecule has 0 radical (unpaired) electrons. The predicted octanol–water partition coefficient (Wildman–Crippen LogP) is 3.59. The van der Waals surface area contributed by atoms with Crippen LogP contribution < -0.4 is 11.1 Å². The number of nitrogens with two attached hydrogens (primary N) is 1. The van der Waals surface area contributed by atoms with E-state index in [2.05, 4.69) is 29.1 Å². The average molecular weight is 375 g/mol. The predicted molar refractivity (Wildman–Crippen MR) is 104 cm³/mol. The molecule has 1 amide bonds. The van der Waals surface area contributed by atoms with Crippen molar-refractivity contribution in [1.29, 1.82) is 0 Å². The van der Waals surface area contributed by atoms with Crippen LogP contribution in [0, 0.1) is 11.8 Å². The molecule has 2 aromatic rings. The number of aromatic nitrogens is 2. The molecule has 3 atom stereocenters. The highest BCUT2D eigenvalue weighted by Crippen LogP contribution is 2.22. The summed E-state index contributed by atoms with van der Waals surface area (Å²) in [5.74, 6) is 1.00. The highest BCUT2D eigenvalue weighted by atomic mass is 35.5. The number of amides is 1. The fourth-order valence-electron chi connectivity index (χ4n) is 2.39. The first-order valence-electron chi connectivity index (χ1n) is 7.89. The van der Waals surface area contributed by atoms with Gasteiger partial charge in [0.15, 0.2) is 0 Å². The van der Waals surface area contributed by atoms with Crippen molar-refractivity contribution in [2.75, 3.05) is 0 Å². The Morgan fingerprint density at radius 3 is 2.38 bits per heavy atom. The second-order valence-electron chi connectivity index (χ2n) is 6.48. The van der Waals surface area contributed by atoms with E-state index in [1.165, 1.54) is 0 Å². The van der Waals surface area contributed by atoms with E-state index in [1.807, 2.05) is 38.1 Å². The summed E-state index contributed by atoms with van der Waals surface area (Å²) < 4.78 is 0. The van der Waals surface area contributed by atoms with Crippen LogP contribution in [0.15, 0.2) is 24.3 Å². The summed E-state index contributed by atoms with van der Waals surface area (Å²) in [6.07, 6.45) is 0.831. The second-order valence-corrected chi connectivity index (χ2v) is 6.48. The molecule has 0 spiro atoms.